The third-order valence-electron chi connectivity index (χ3n) is 6.18. The molecule has 1 aliphatic heterocycles. The van der Waals surface area contributed by atoms with Gasteiger partial charge >= 0.3 is 0 Å². The van der Waals surface area contributed by atoms with Crippen LogP contribution in [0.5, 0.6) is 0 Å². The Morgan fingerprint density at radius 1 is 1.03 bits per heavy atom. The predicted molar refractivity (Wildman–Crippen MR) is 128 cm³/mol. The standard InChI is InChI=1S/C27H30N4O/c1-2-12-30-26(32)27(11-4-17-31(21-27)20-22-7-13-28-14-8-22)19-23-5-3-6-25(18-23)24-9-15-29-16-10-24/h2-3,5-10,13-16,18H,1,4,11-12,17,19-21H2,(H,30,32). The van der Waals surface area contributed by atoms with Crippen molar-refractivity contribution in [3.63, 3.8) is 0 Å². The van der Waals surface area contributed by atoms with Gasteiger partial charge in [-0.1, -0.05) is 30.3 Å². The van der Waals surface area contributed by atoms with E-state index in [9.17, 15) is 4.79 Å². The second-order valence-corrected chi connectivity index (χ2v) is 8.56. The Kier molecular flexibility index (Phi) is 7.07. The second-order valence-electron chi connectivity index (χ2n) is 8.56. The van der Waals surface area contributed by atoms with Crippen LogP contribution in [0.3, 0.4) is 0 Å². The smallest absolute Gasteiger partial charge is 0.228 e. The summed E-state index contributed by atoms with van der Waals surface area (Å²) in [5.41, 5.74) is 4.22. The number of pyridine rings is 2. The highest BCUT2D eigenvalue weighted by molar-refractivity contribution is 5.83. The zero-order chi connectivity index (χ0) is 22.2. The highest BCUT2D eigenvalue weighted by atomic mass is 16.2. The van der Waals surface area contributed by atoms with Crippen LogP contribution >= 0.6 is 0 Å². The molecule has 1 fully saturated rings. The van der Waals surface area contributed by atoms with Crippen molar-refractivity contribution in [3.8, 4) is 11.1 Å². The van der Waals surface area contributed by atoms with Crippen molar-refractivity contribution in [1.29, 1.82) is 0 Å². The van der Waals surface area contributed by atoms with Gasteiger partial charge in [0.05, 0.1) is 5.41 Å². The van der Waals surface area contributed by atoms with Gasteiger partial charge in [0.2, 0.25) is 5.91 Å². The number of rotatable bonds is 8. The molecule has 164 valence electrons. The van der Waals surface area contributed by atoms with E-state index in [2.05, 4.69) is 51.0 Å². The molecule has 0 saturated carbocycles. The molecule has 5 nitrogen and oxygen atoms in total. The van der Waals surface area contributed by atoms with Gasteiger partial charge in [0, 0.05) is 44.4 Å². The number of amides is 1. The van der Waals surface area contributed by atoms with Gasteiger partial charge in [-0.3, -0.25) is 19.7 Å². The van der Waals surface area contributed by atoms with E-state index in [4.69, 9.17) is 0 Å². The van der Waals surface area contributed by atoms with E-state index in [1.165, 1.54) is 11.1 Å². The van der Waals surface area contributed by atoms with Crippen LogP contribution in [0.25, 0.3) is 11.1 Å². The summed E-state index contributed by atoms with van der Waals surface area (Å²) < 4.78 is 0. The first kappa shape index (κ1) is 21.9. The molecule has 5 heteroatoms. The molecule has 1 aliphatic rings. The van der Waals surface area contributed by atoms with Crippen molar-refractivity contribution in [2.75, 3.05) is 19.6 Å². The minimum Gasteiger partial charge on any atom is -0.352 e. The van der Waals surface area contributed by atoms with Crippen LogP contribution in [0.4, 0.5) is 0 Å². The van der Waals surface area contributed by atoms with Gasteiger partial charge in [0.15, 0.2) is 0 Å². The number of benzene rings is 1. The third kappa shape index (κ3) is 5.29. The second kappa shape index (κ2) is 10.3. The van der Waals surface area contributed by atoms with Gasteiger partial charge in [-0.2, -0.15) is 0 Å². The maximum absolute atomic E-state index is 13.4. The summed E-state index contributed by atoms with van der Waals surface area (Å²) in [4.78, 5) is 24.1. The quantitative estimate of drug-likeness (QED) is 0.547. The Morgan fingerprint density at radius 2 is 1.78 bits per heavy atom. The third-order valence-corrected chi connectivity index (χ3v) is 6.18. The highest BCUT2D eigenvalue weighted by Crippen LogP contribution is 2.35. The van der Waals surface area contributed by atoms with Crippen LogP contribution in [0, 0.1) is 5.41 Å². The minimum atomic E-state index is -0.467. The molecule has 2 aromatic heterocycles. The molecule has 1 atom stereocenters. The maximum Gasteiger partial charge on any atom is 0.228 e. The van der Waals surface area contributed by atoms with Gasteiger partial charge in [-0.05, 0) is 72.3 Å². The molecule has 1 amide bonds. The molecular weight excluding hydrogens is 396 g/mol. The van der Waals surface area contributed by atoms with Crippen LogP contribution in [0.15, 0.2) is 86.0 Å². The van der Waals surface area contributed by atoms with Gasteiger partial charge < -0.3 is 5.32 Å². The molecule has 1 unspecified atom stereocenters. The van der Waals surface area contributed by atoms with E-state index in [0.717, 1.165) is 43.6 Å². The Balaban J connectivity index is 1.59. The summed E-state index contributed by atoms with van der Waals surface area (Å²) in [5.74, 6) is 0.117. The fourth-order valence-corrected chi connectivity index (χ4v) is 4.67. The maximum atomic E-state index is 13.4. The van der Waals surface area contributed by atoms with Crippen molar-refractivity contribution in [2.45, 2.75) is 25.8 Å². The summed E-state index contributed by atoms with van der Waals surface area (Å²) in [7, 11) is 0. The SMILES string of the molecule is C=CCNC(=O)C1(Cc2cccc(-c3ccncc3)c2)CCCN(Cc2ccncc2)C1. The monoisotopic (exact) mass is 426 g/mol. The summed E-state index contributed by atoms with van der Waals surface area (Å²) in [6.07, 6.45) is 11.6. The molecule has 0 spiro atoms. The van der Waals surface area contributed by atoms with Crippen LogP contribution < -0.4 is 5.32 Å². The number of nitrogens with zero attached hydrogens (tertiary/aromatic N) is 3. The van der Waals surface area contributed by atoms with E-state index in [-0.39, 0.29) is 5.91 Å². The summed E-state index contributed by atoms with van der Waals surface area (Å²) >= 11 is 0. The zero-order valence-electron chi connectivity index (χ0n) is 18.4. The Labute approximate surface area is 190 Å². The average molecular weight is 427 g/mol. The van der Waals surface area contributed by atoms with Crippen LogP contribution in [-0.2, 0) is 17.8 Å². The molecule has 1 aromatic carbocycles. The number of hydrogen-bond acceptors (Lipinski definition) is 4. The van der Waals surface area contributed by atoms with Gasteiger partial charge in [0.25, 0.3) is 0 Å². The van der Waals surface area contributed by atoms with Crippen LogP contribution in [0.2, 0.25) is 0 Å². The van der Waals surface area contributed by atoms with Crippen molar-refractivity contribution in [2.24, 2.45) is 5.41 Å². The van der Waals surface area contributed by atoms with Gasteiger partial charge in [-0.25, -0.2) is 0 Å². The summed E-state index contributed by atoms with van der Waals surface area (Å²) in [6, 6.07) is 16.7. The normalized spacial score (nSPS) is 18.8. The fourth-order valence-electron chi connectivity index (χ4n) is 4.67. The fraction of sp³-hybridized carbons (Fsp3) is 0.296. The minimum absolute atomic E-state index is 0.117. The molecule has 3 aromatic rings. The van der Waals surface area contributed by atoms with Crippen molar-refractivity contribution < 1.29 is 4.79 Å². The lowest BCUT2D eigenvalue weighted by Gasteiger charge is -2.42. The van der Waals surface area contributed by atoms with Crippen molar-refractivity contribution in [3.05, 3.63) is 97.1 Å². The van der Waals surface area contributed by atoms with Crippen molar-refractivity contribution in [1.82, 2.24) is 20.2 Å². The lowest BCUT2D eigenvalue weighted by molar-refractivity contribution is -0.134. The number of piperidine rings is 1. The van der Waals surface area contributed by atoms with Gasteiger partial charge in [0.1, 0.15) is 0 Å². The number of carbonyl (C=O) groups is 1. The average Bonchev–Trinajstić information content (AvgIpc) is 2.84. The first-order valence-corrected chi connectivity index (χ1v) is 11.2. The molecule has 1 saturated heterocycles. The lowest BCUT2D eigenvalue weighted by atomic mass is 9.74. The number of aromatic nitrogens is 2. The highest BCUT2D eigenvalue weighted by Gasteiger charge is 2.42. The number of nitrogens with one attached hydrogen (secondary N) is 1. The molecule has 0 bridgehead atoms. The van der Waals surface area contributed by atoms with E-state index >= 15 is 0 Å². The molecule has 0 aliphatic carbocycles. The van der Waals surface area contributed by atoms with Crippen LogP contribution in [-0.4, -0.2) is 40.4 Å². The zero-order valence-corrected chi connectivity index (χ0v) is 18.4. The number of hydrogen-bond donors (Lipinski definition) is 1. The topological polar surface area (TPSA) is 58.1 Å². The number of likely N-dealkylation sites (tertiary alicyclic amines) is 1. The molecule has 32 heavy (non-hydrogen) atoms. The molecule has 1 N–H and O–H groups in total. The first-order chi connectivity index (χ1) is 15.7. The van der Waals surface area contributed by atoms with Crippen molar-refractivity contribution >= 4 is 5.91 Å². The predicted octanol–water partition coefficient (Wildman–Crippen LogP) is 4.27. The first-order valence-electron chi connectivity index (χ1n) is 11.2. The number of carbonyl (C=O) groups excluding carboxylic acids is 1. The van der Waals surface area contributed by atoms with E-state index in [1.54, 1.807) is 6.08 Å². The largest absolute Gasteiger partial charge is 0.352 e. The lowest BCUT2D eigenvalue weighted by Crippen LogP contribution is -2.53. The van der Waals surface area contributed by atoms with E-state index in [0.29, 0.717) is 13.0 Å². The molecular formula is C27H30N4O. The summed E-state index contributed by atoms with van der Waals surface area (Å²) in [6.45, 7) is 6.81. The summed E-state index contributed by atoms with van der Waals surface area (Å²) in [5, 5.41) is 3.09. The van der Waals surface area contributed by atoms with Gasteiger partial charge in [-0.15, -0.1) is 6.58 Å². The van der Waals surface area contributed by atoms with E-state index in [1.807, 2.05) is 49.1 Å². The molecule has 3 heterocycles. The van der Waals surface area contributed by atoms with E-state index < -0.39 is 5.41 Å². The van der Waals surface area contributed by atoms with Crippen LogP contribution in [0.1, 0.15) is 24.0 Å². The molecule has 0 radical (unpaired) electrons. The Bertz CT molecular complexity index is 1040. The Morgan fingerprint density at radius 3 is 2.53 bits per heavy atom. The molecule has 4 rings (SSSR count). The Hall–Kier alpha value is -3.31.